The van der Waals surface area contributed by atoms with E-state index in [2.05, 4.69) is 40.7 Å². The standard InChI is InChI=1S/C19H25N3O/c1-22-17(9-10-20-22)14-6-4-7-15(11-14)21-19-16-8-3-2-5-13(16)12-18(19)23/h2-3,5,8-10,14-15,18-19,21,23H,4,6-7,11-12H2,1H3/t14?,15?,18-,19-/m0/s1. The number of fused-ring (bicyclic) bond motifs is 1. The SMILES string of the molecule is Cn1nccc1C1CCCC(N[C@H]2c3ccccc3C[C@@H]2O)C1. The highest BCUT2D eigenvalue weighted by Gasteiger charge is 2.34. The first kappa shape index (κ1) is 14.9. The first-order valence-electron chi connectivity index (χ1n) is 8.72. The van der Waals surface area contributed by atoms with E-state index >= 15 is 0 Å². The van der Waals surface area contributed by atoms with Gasteiger partial charge in [0.25, 0.3) is 0 Å². The summed E-state index contributed by atoms with van der Waals surface area (Å²) < 4.78 is 2.01. The predicted octanol–water partition coefficient (Wildman–Crippen LogP) is 2.69. The highest BCUT2D eigenvalue weighted by atomic mass is 16.3. The second-order valence-electron chi connectivity index (χ2n) is 7.05. The minimum absolute atomic E-state index is 0.0847. The number of aliphatic hydroxyl groups is 1. The van der Waals surface area contributed by atoms with Crippen molar-refractivity contribution in [1.29, 1.82) is 0 Å². The molecule has 0 bridgehead atoms. The van der Waals surface area contributed by atoms with Crippen molar-refractivity contribution in [3.8, 4) is 0 Å². The third kappa shape index (κ3) is 2.81. The number of rotatable bonds is 3. The summed E-state index contributed by atoms with van der Waals surface area (Å²) in [6, 6.07) is 11.1. The summed E-state index contributed by atoms with van der Waals surface area (Å²) in [6.07, 6.45) is 7.16. The average molecular weight is 311 g/mol. The number of aromatic nitrogens is 2. The molecule has 1 heterocycles. The lowest BCUT2D eigenvalue weighted by Gasteiger charge is -2.33. The van der Waals surface area contributed by atoms with Gasteiger partial charge in [-0.1, -0.05) is 30.7 Å². The van der Waals surface area contributed by atoms with Crippen LogP contribution in [0.4, 0.5) is 0 Å². The molecule has 2 aliphatic carbocycles. The largest absolute Gasteiger partial charge is 0.391 e. The Morgan fingerprint density at radius 2 is 2.09 bits per heavy atom. The van der Waals surface area contributed by atoms with Gasteiger partial charge < -0.3 is 10.4 Å². The Morgan fingerprint density at radius 3 is 2.91 bits per heavy atom. The molecule has 4 heteroatoms. The molecule has 2 N–H and O–H groups in total. The molecule has 0 saturated heterocycles. The Bertz CT molecular complexity index is 681. The van der Waals surface area contributed by atoms with Crippen LogP contribution in [0, 0.1) is 0 Å². The third-order valence-electron chi connectivity index (χ3n) is 5.57. The van der Waals surface area contributed by atoms with Crippen LogP contribution in [-0.2, 0) is 13.5 Å². The van der Waals surface area contributed by atoms with Crippen molar-refractivity contribution < 1.29 is 5.11 Å². The fourth-order valence-corrected chi connectivity index (χ4v) is 4.42. The molecule has 0 radical (unpaired) electrons. The van der Waals surface area contributed by atoms with E-state index in [1.807, 2.05) is 17.9 Å². The van der Waals surface area contributed by atoms with Gasteiger partial charge in [0, 0.05) is 37.3 Å². The normalized spacial score (nSPS) is 30.3. The molecule has 2 aromatic rings. The molecule has 4 nitrogen and oxygen atoms in total. The van der Waals surface area contributed by atoms with Crippen molar-refractivity contribution in [2.75, 3.05) is 0 Å². The number of nitrogens with zero attached hydrogens (tertiary/aromatic N) is 2. The second-order valence-corrected chi connectivity index (χ2v) is 7.05. The predicted molar refractivity (Wildman–Crippen MR) is 90.2 cm³/mol. The zero-order chi connectivity index (χ0) is 15.8. The van der Waals surface area contributed by atoms with Crippen molar-refractivity contribution in [2.24, 2.45) is 7.05 Å². The lowest BCUT2D eigenvalue weighted by atomic mass is 9.83. The van der Waals surface area contributed by atoms with Crippen LogP contribution in [0.2, 0.25) is 0 Å². The van der Waals surface area contributed by atoms with Crippen molar-refractivity contribution in [3.63, 3.8) is 0 Å². The van der Waals surface area contributed by atoms with E-state index in [9.17, 15) is 5.11 Å². The highest BCUT2D eigenvalue weighted by Crippen LogP contribution is 2.36. The van der Waals surface area contributed by atoms with Gasteiger partial charge in [0.1, 0.15) is 0 Å². The molecular formula is C19H25N3O. The average Bonchev–Trinajstić information content (AvgIpc) is 3.12. The summed E-state index contributed by atoms with van der Waals surface area (Å²) in [4.78, 5) is 0. The van der Waals surface area contributed by atoms with E-state index in [-0.39, 0.29) is 12.1 Å². The van der Waals surface area contributed by atoms with Crippen LogP contribution in [0.1, 0.15) is 54.5 Å². The minimum atomic E-state index is -0.301. The topological polar surface area (TPSA) is 50.1 Å². The zero-order valence-electron chi connectivity index (χ0n) is 13.7. The number of aryl methyl sites for hydroxylation is 1. The summed E-state index contributed by atoms with van der Waals surface area (Å²) in [5.41, 5.74) is 3.91. The van der Waals surface area contributed by atoms with Gasteiger partial charge in [-0.05, 0) is 36.5 Å². The maximum absolute atomic E-state index is 10.5. The van der Waals surface area contributed by atoms with Crippen molar-refractivity contribution >= 4 is 0 Å². The maximum Gasteiger partial charge on any atom is 0.0775 e. The summed E-state index contributed by atoms with van der Waals surface area (Å²) in [5.74, 6) is 0.572. The number of nitrogens with one attached hydrogen (secondary N) is 1. The quantitative estimate of drug-likeness (QED) is 0.916. The number of hydrogen-bond donors (Lipinski definition) is 2. The fraction of sp³-hybridized carbons (Fsp3) is 0.526. The molecule has 0 aliphatic heterocycles. The molecule has 2 unspecified atom stereocenters. The van der Waals surface area contributed by atoms with E-state index in [4.69, 9.17) is 0 Å². The van der Waals surface area contributed by atoms with Crippen LogP contribution in [0.5, 0.6) is 0 Å². The van der Waals surface area contributed by atoms with Crippen molar-refractivity contribution in [2.45, 2.75) is 56.2 Å². The van der Waals surface area contributed by atoms with E-state index in [1.165, 1.54) is 36.1 Å². The first-order valence-corrected chi connectivity index (χ1v) is 8.72. The van der Waals surface area contributed by atoms with E-state index in [0.29, 0.717) is 12.0 Å². The van der Waals surface area contributed by atoms with Gasteiger partial charge in [-0.15, -0.1) is 0 Å². The molecule has 4 rings (SSSR count). The monoisotopic (exact) mass is 311 g/mol. The Morgan fingerprint density at radius 1 is 1.22 bits per heavy atom. The molecular weight excluding hydrogens is 286 g/mol. The Kier molecular flexibility index (Phi) is 3.95. The first-order chi connectivity index (χ1) is 11.2. The van der Waals surface area contributed by atoms with Gasteiger partial charge in [0.15, 0.2) is 0 Å². The Labute approximate surface area is 137 Å². The summed E-state index contributed by atoms with van der Waals surface area (Å²) in [7, 11) is 2.03. The van der Waals surface area contributed by atoms with Gasteiger partial charge in [-0.3, -0.25) is 4.68 Å². The number of hydrogen-bond acceptors (Lipinski definition) is 3. The van der Waals surface area contributed by atoms with Gasteiger partial charge in [-0.25, -0.2) is 0 Å². The summed E-state index contributed by atoms with van der Waals surface area (Å²) >= 11 is 0. The lowest BCUT2D eigenvalue weighted by molar-refractivity contribution is 0.128. The van der Waals surface area contributed by atoms with Crippen molar-refractivity contribution in [1.82, 2.24) is 15.1 Å². The highest BCUT2D eigenvalue weighted by molar-refractivity contribution is 5.36. The molecule has 1 fully saturated rings. The molecule has 0 spiro atoms. The molecule has 1 aromatic carbocycles. The van der Waals surface area contributed by atoms with Crippen LogP contribution in [0.3, 0.4) is 0 Å². The molecule has 1 aromatic heterocycles. The summed E-state index contributed by atoms with van der Waals surface area (Å²) in [5, 5.41) is 18.5. The molecule has 2 aliphatic rings. The maximum atomic E-state index is 10.5. The molecule has 4 atom stereocenters. The number of benzene rings is 1. The Balaban J connectivity index is 1.48. The van der Waals surface area contributed by atoms with Gasteiger partial charge in [-0.2, -0.15) is 5.10 Å². The lowest BCUT2D eigenvalue weighted by Crippen LogP contribution is -2.39. The second kappa shape index (κ2) is 6.10. The third-order valence-corrected chi connectivity index (χ3v) is 5.57. The number of aliphatic hydroxyl groups excluding tert-OH is 1. The summed E-state index contributed by atoms with van der Waals surface area (Å²) in [6.45, 7) is 0. The van der Waals surface area contributed by atoms with Gasteiger partial charge in [0.2, 0.25) is 0 Å². The van der Waals surface area contributed by atoms with Gasteiger partial charge >= 0.3 is 0 Å². The zero-order valence-corrected chi connectivity index (χ0v) is 13.7. The smallest absolute Gasteiger partial charge is 0.0775 e. The minimum Gasteiger partial charge on any atom is -0.391 e. The van der Waals surface area contributed by atoms with Gasteiger partial charge in [0.05, 0.1) is 12.1 Å². The fourth-order valence-electron chi connectivity index (χ4n) is 4.42. The van der Waals surface area contributed by atoms with Crippen molar-refractivity contribution in [3.05, 3.63) is 53.3 Å². The molecule has 0 amide bonds. The van der Waals surface area contributed by atoms with Crippen LogP contribution in [0.15, 0.2) is 36.5 Å². The van der Waals surface area contributed by atoms with Crippen LogP contribution in [0.25, 0.3) is 0 Å². The van der Waals surface area contributed by atoms with Crippen LogP contribution < -0.4 is 5.32 Å². The van der Waals surface area contributed by atoms with Crippen LogP contribution >= 0.6 is 0 Å². The van der Waals surface area contributed by atoms with E-state index in [0.717, 1.165) is 12.8 Å². The Hall–Kier alpha value is -1.65. The van der Waals surface area contributed by atoms with E-state index < -0.39 is 0 Å². The van der Waals surface area contributed by atoms with Crippen LogP contribution in [-0.4, -0.2) is 27.0 Å². The molecule has 122 valence electrons. The van der Waals surface area contributed by atoms with E-state index in [1.54, 1.807) is 0 Å². The molecule has 1 saturated carbocycles. The molecule has 23 heavy (non-hydrogen) atoms.